The number of carbonyl (C=O) groups excluding carboxylic acids is 1. The third-order valence-electron chi connectivity index (χ3n) is 4.71. The van der Waals surface area contributed by atoms with Crippen LogP contribution in [-0.2, 0) is 10.0 Å². The molecular weight excluding hydrogens is 400 g/mol. The van der Waals surface area contributed by atoms with Crippen LogP contribution >= 0.6 is 0 Å². The van der Waals surface area contributed by atoms with Crippen molar-refractivity contribution in [3.63, 3.8) is 0 Å². The van der Waals surface area contributed by atoms with E-state index in [2.05, 4.69) is 15.1 Å². The average Bonchev–Trinajstić information content (AvgIpc) is 2.97. The fourth-order valence-corrected chi connectivity index (χ4v) is 4.91. The van der Waals surface area contributed by atoms with Crippen molar-refractivity contribution in [1.29, 1.82) is 0 Å². The Hall–Kier alpha value is -3.13. The van der Waals surface area contributed by atoms with E-state index in [4.69, 9.17) is 0 Å². The molecule has 0 saturated carbocycles. The van der Waals surface area contributed by atoms with Gasteiger partial charge in [0.1, 0.15) is 4.90 Å². The topological polar surface area (TPSA) is 93.1 Å². The van der Waals surface area contributed by atoms with Gasteiger partial charge in [0.15, 0.2) is 0 Å². The first-order valence-electron chi connectivity index (χ1n) is 9.65. The first-order valence-corrected chi connectivity index (χ1v) is 11.1. The average molecular weight is 427 g/mol. The molecule has 3 rings (SSSR count). The Morgan fingerprint density at radius 3 is 2.37 bits per heavy atom. The van der Waals surface area contributed by atoms with Crippen LogP contribution in [-0.4, -0.2) is 24.1 Å². The summed E-state index contributed by atoms with van der Waals surface area (Å²) >= 11 is 0. The highest BCUT2D eigenvalue weighted by Gasteiger charge is 2.27. The van der Waals surface area contributed by atoms with E-state index in [1.807, 2.05) is 39.0 Å². The molecule has 0 radical (unpaired) electrons. The van der Waals surface area contributed by atoms with Gasteiger partial charge in [-0.15, -0.1) is 0 Å². The number of benzene rings is 2. The van der Waals surface area contributed by atoms with E-state index in [1.165, 1.54) is 0 Å². The number of nitrogens with one attached hydrogen (secondary N) is 2. The summed E-state index contributed by atoms with van der Waals surface area (Å²) in [5.41, 5.74) is 3.05. The Morgan fingerprint density at radius 2 is 1.73 bits per heavy atom. The summed E-state index contributed by atoms with van der Waals surface area (Å²) in [6.45, 7) is 9.20. The lowest BCUT2D eigenvalue weighted by molar-refractivity contribution is 0.102. The van der Waals surface area contributed by atoms with Crippen LogP contribution in [0.5, 0.6) is 0 Å². The van der Waals surface area contributed by atoms with Crippen molar-refractivity contribution in [2.45, 2.75) is 45.6 Å². The molecule has 0 saturated heterocycles. The number of hydrogen-bond donors (Lipinski definition) is 2. The molecule has 3 aromatic rings. The molecule has 0 aliphatic rings. The number of rotatable bonds is 6. The van der Waals surface area contributed by atoms with Gasteiger partial charge in [0.05, 0.1) is 22.6 Å². The van der Waals surface area contributed by atoms with Crippen LogP contribution in [0, 0.1) is 20.8 Å². The van der Waals surface area contributed by atoms with Gasteiger partial charge in [-0.25, -0.2) is 8.42 Å². The van der Waals surface area contributed by atoms with Crippen LogP contribution in [0.3, 0.4) is 0 Å². The Morgan fingerprint density at radius 1 is 1.03 bits per heavy atom. The highest BCUT2D eigenvalue weighted by atomic mass is 32.2. The minimum Gasteiger partial charge on any atom is -0.322 e. The molecule has 0 spiro atoms. The van der Waals surface area contributed by atoms with E-state index >= 15 is 0 Å². The van der Waals surface area contributed by atoms with Gasteiger partial charge in [0.25, 0.3) is 15.9 Å². The summed E-state index contributed by atoms with van der Waals surface area (Å²) in [4.78, 5) is 13.0. The molecule has 8 heteroatoms. The fraction of sp³-hybridized carbons (Fsp3) is 0.273. The second kappa shape index (κ2) is 8.31. The van der Waals surface area contributed by atoms with Crippen molar-refractivity contribution in [2.75, 3.05) is 10.0 Å². The van der Waals surface area contributed by atoms with Crippen LogP contribution in [0.25, 0.3) is 0 Å². The van der Waals surface area contributed by atoms with Crippen molar-refractivity contribution < 1.29 is 13.2 Å². The minimum atomic E-state index is -3.94. The number of nitrogens with zero attached hydrogens (tertiary/aromatic N) is 2. The first-order chi connectivity index (χ1) is 14.1. The highest BCUT2D eigenvalue weighted by molar-refractivity contribution is 7.92. The molecule has 1 amide bonds. The summed E-state index contributed by atoms with van der Waals surface area (Å²) in [6.07, 6.45) is 0. The fourth-order valence-electron chi connectivity index (χ4n) is 3.43. The number of para-hydroxylation sites is 1. The van der Waals surface area contributed by atoms with Gasteiger partial charge in [-0.1, -0.05) is 24.3 Å². The largest absolute Gasteiger partial charge is 0.322 e. The number of sulfonamides is 1. The zero-order chi connectivity index (χ0) is 22.1. The number of carbonyl (C=O) groups is 1. The third kappa shape index (κ3) is 4.38. The summed E-state index contributed by atoms with van der Waals surface area (Å²) in [6, 6.07) is 14.0. The van der Waals surface area contributed by atoms with E-state index < -0.39 is 15.9 Å². The van der Waals surface area contributed by atoms with Crippen molar-refractivity contribution in [1.82, 2.24) is 9.78 Å². The number of anilines is 2. The first kappa shape index (κ1) is 21.6. The molecule has 30 heavy (non-hydrogen) atoms. The summed E-state index contributed by atoms with van der Waals surface area (Å²) in [7, 11) is -3.94. The Labute approximate surface area is 177 Å². The smallest absolute Gasteiger partial charge is 0.265 e. The van der Waals surface area contributed by atoms with Crippen molar-refractivity contribution in [3.05, 3.63) is 71.0 Å². The molecule has 0 unspecified atom stereocenters. The van der Waals surface area contributed by atoms with Gasteiger partial charge in [0, 0.05) is 11.7 Å². The summed E-state index contributed by atoms with van der Waals surface area (Å²) in [5, 5.41) is 7.17. The zero-order valence-corrected chi connectivity index (χ0v) is 18.5. The van der Waals surface area contributed by atoms with Crippen molar-refractivity contribution >= 4 is 27.3 Å². The molecule has 2 aromatic carbocycles. The maximum absolute atomic E-state index is 13.2. The lowest BCUT2D eigenvalue weighted by atomic mass is 10.1. The predicted molar refractivity (Wildman–Crippen MR) is 118 cm³/mol. The number of hydrogen-bond acceptors (Lipinski definition) is 4. The molecule has 7 nitrogen and oxygen atoms in total. The van der Waals surface area contributed by atoms with Crippen LogP contribution in [0.4, 0.5) is 11.4 Å². The Balaban J connectivity index is 1.94. The van der Waals surface area contributed by atoms with Crippen molar-refractivity contribution in [2.24, 2.45) is 0 Å². The van der Waals surface area contributed by atoms with E-state index in [0.717, 1.165) is 5.56 Å². The lowest BCUT2D eigenvalue weighted by Crippen LogP contribution is -2.19. The Bertz CT molecular complexity index is 1200. The van der Waals surface area contributed by atoms with E-state index in [9.17, 15) is 13.2 Å². The molecule has 0 aliphatic carbocycles. The maximum Gasteiger partial charge on any atom is 0.265 e. The number of aryl methyl sites for hydroxylation is 2. The van der Waals surface area contributed by atoms with Gasteiger partial charge in [-0.05, 0) is 64.4 Å². The quantitative estimate of drug-likeness (QED) is 0.609. The molecular formula is C22H26N4O3S. The molecule has 0 fully saturated rings. The summed E-state index contributed by atoms with van der Waals surface area (Å²) in [5.74, 6) is -0.398. The predicted octanol–water partition coefficient (Wildman–Crippen LogP) is 4.44. The van der Waals surface area contributed by atoms with E-state index in [-0.39, 0.29) is 22.2 Å². The van der Waals surface area contributed by atoms with Gasteiger partial charge >= 0.3 is 0 Å². The number of amides is 1. The van der Waals surface area contributed by atoms with Crippen LogP contribution in [0.2, 0.25) is 0 Å². The molecule has 1 aromatic heterocycles. The Kier molecular flexibility index (Phi) is 5.98. The third-order valence-corrected chi connectivity index (χ3v) is 6.33. The van der Waals surface area contributed by atoms with Gasteiger partial charge in [0.2, 0.25) is 0 Å². The molecule has 0 aliphatic heterocycles. The maximum atomic E-state index is 13.2. The number of aromatic nitrogens is 2. The SMILES string of the molecule is Cc1cccc(NC(=O)c2ccccc2NS(=O)(=O)c2c(C)nn(C(C)C)c2C)c1. The van der Waals surface area contributed by atoms with Gasteiger partial charge < -0.3 is 5.32 Å². The van der Waals surface area contributed by atoms with E-state index in [1.54, 1.807) is 48.9 Å². The van der Waals surface area contributed by atoms with Crippen LogP contribution in [0.1, 0.15) is 47.2 Å². The normalized spacial score (nSPS) is 11.5. The van der Waals surface area contributed by atoms with Gasteiger partial charge in [-0.3, -0.25) is 14.2 Å². The summed E-state index contributed by atoms with van der Waals surface area (Å²) < 4.78 is 30.6. The minimum absolute atomic E-state index is 0.0278. The second-order valence-electron chi connectivity index (χ2n) is 7.51. The molecule has 158 valence electrons. The second-order valence-corrected chi connectivity index (χ2v) is 9.13. The molecule has 1 heterocycles. The highest BCUT2D eigenvalue weighted by Crippen LogP contribution is 2.26. The molecule has 0 atom stereocenters. The van der Waals surface area contributed by atoms with Crippen LogP contribution in [0.15, 0.2) is 53.4 Å². The molecule has 2 N–H and O–H groups in total. The zero-order valence-electron chi connectivity index (χ0n) is 17.7. The molecule has 0 bridgehead atoms. The standard InChI is InChI=1S/C22H26N4O3S/c1-14(2)26-17(5)21(16(4)24-26)30(28,29)25-20-12-7-6-11-19(20)22(27)23-18-10-8-9-15(3)13-18/h6-14,25H,1-5H3,(H,23,27). The van der Waals surface area contributed by atoms with E-state index in [0.29, 0.717) is 17.1 Å². The lowest BCUT2D eigenvalue weighted by Gasteiger charge is -2.14. The van der Waals surface area contributed by atoms with Gasteiger partial charge in [-0.2, -0.15) is 5.10 Å². The monoisotopic (exact) mass is 426 g/mol. The van der Waals surface area contributed by atoms with Crippen molar-refractivity contribution in [3.8, 4) is 0 Å². The van der Waals surface area contributed by atoms with Crippen LogP contribution < -0.4 is 10.0 Å².